The highest BCUT2D eigenvalue weighted by Gasteiger charge is 2.16. The first-order valence-electron chi connectivity index (χ1n) is 6.07. The topological polar surface area (TPSA) is 60.9 Å². The van der Waals surface area contributed by atoms with Crippen molar-refractivity contribution in [3.8, 4) is 0 Å². The van der Waals surface area contributed by atoms with Crippen LogP contribution in [-0.2, 0) is 6.61 Å². The SMILES string of the molecule is OCc1cc2[nH]cnc2c(F)c1Nc1ccc(Br)cc1Cl. The Labute approximate surface area is 133 Å². The number of benzene rings is 2. The smallest absolute Gasteiger partial charge is 0.174 e. The molecule has 0 saturated heterocycles. The van der Waals surface area contributed by atoms with Crippen molar-refractivity contribution in [2.75, 3.05) is 5.32 Å². The molecule has 3 N–H and O–H groups in total. The van der Waals surface area contributed by atoms with Crippen molar-refractivity contribution in [1.29, 1.82) is 0 Å². The van der Waals surface area contributed by atoms with Crippen LogP contribution in [0.3, 0.4) is 0 Å². The lowest BCUT2D eigenvalue weighted by atomic mass is 10.1. The highest BCUT2D eigenvalue weighted by molar-refractivity contribution is 9.10. The number of hydrogen-bond acceptors (Lipinski definition) is 3. The van der Waals surface area contributed by atoms with Crippen LogP contribution in [0.4, 0.5) is 15.8 Å². The minimum Gasteiger partial charge on any atom is -0.392 e. The van der Waals surface area contributed by atoms with Crippen LogP contribution in [-0.4, -0.2) is 15.1 Å². The Morgan fingerprint density at radius 3 is 2.90 bits per heavy atom. The van der Waals surface area contributed by atoms with Gasteiger partial charge in [0.15, 0.2) is 5.82 Å². The standard InChI is InChI=1S/C14H10BrClFN3O/c15-8-1-2-10(9(16)4-8)20-13-7(5-21)3-11-14(12(13)17)19-6-18-11/h1-4,6,20-21H,5H2,(H,18,19). The highest BCUT2D eigenvalue weighted by atomic mass is 79.9. The zero-order valence-corrected chi connectivity index (χ0v) is 13.0. The number of fused-ring (bicyclic) bond motifs is 1. The van der Waals surface area contributed by atoms with Crippen molar-refractivity contribution < 1.29 is 9.50 Å². The maximum atomic E-state index is 14.5. The van der Waals surface area contributed by atoms with E-state index in [9.17, 15) is 9.50 Å². The van der Waals surface area contributed by atoms with Crippen LogP contribution in [0.2, 0.25) is 5.02 Å². The summed E-state index contributed by atoms with van der Waals surface area (Å²) in [6.07, 6.45) is 1.41. The summed E-state index contributed by atoms with van der Waals surface area (Å²) in [5.74, 6) is -0.531. The van der Waals surface area contributed by atoms with Crippen LogP contribution >= 0.6 is 27.5 Å². The minimum atomic E-state index is -0.531. The number of aliphatic hydroxyl groups is 1. The Kier molecular flexibility index (Phi) is 3.84. The van der Waals surface area contributed by atoms with Crippen molar-refractivity contribution in [3.63, 3.8) is 0 Å². The van der Waals surface area contributed by atoms with E-state index in [2.05, 4.69) is 31.2 Å². The number of aromatic nitrogens is 2. The number of rotatable bonds is 3. The van der Waals surface area contributed by atoms with Crippen LogP contribution < -0.4 is 5.32 Å². The molecule has 0 fully saturated rings. The first-order chi connectivity index (χ1) is 10.1. The van der Waals surface area contributed by atoms with E-state index in [-0.39, 0.29) is 17.8 Å². The third-order valence-corrected chi connectivity index (χ3v) is 3.90. The number of aromatic amines is 1. The average Bonchev–Trinajstić information content (AvgIpc) is 2.92. The van der Waals surface area contributed by atoms with Gasteiger partial charge in [0.05, 0.1) is 34.8 Å². The van der Waals surface area contributed by atoms with Crippen molar-refractivity contribution in [2.24, 2.45) is 0 Å². The van der Waals surface area contributed by atoms with Gasteiger partial charge in [-0.05, 0) is 24.3 Å². The Morgan fingerprint density at radius 2 is 2.19 bits per heavy atom. The van der Waals surface area contributed by atoms with Crippen molar-refractivity contribution in [3.05, 3.63) is 51.5 Å². The van der Waals surface area contributed by atoms with Crippen molar-refractivity contribution in [1.82, 2.24) is 9.97 Å². The van der Waals surface area contributed by atoms with Crippen LogP contribution in [0.25, 0.3) is 11.0 Å². The van der Waals surface area contributed by atoms with Gasteiger partial charge in [-0.25, -0.2) is 9.37 Å². The number of anilines is 2. The predicted molar refractivity (Wildman–Crippen MR) is 84.4 cm³/mol. The molecule has 0 aliphatic heterocycles. The lowest BCUT2D eigenvalue weighted by Crippen LogP contribution is -2.01. The van der Waals surface area contributed by atoms with Gasteiger partial charge in [0.1, 0.15) is 5.52 Å². The maximum absolute atomic E-state index is 14.5. The Bertz CT molecular complexity index is 821. The maximum Gasteiger partial charge on any atom is 0.174 e. The largest absolute Gasteiger partial charge is 0.392 e. The van der Waals surface area contributed by atoms with Gasteiger partial charge in [-0.2, -0.15) is 0 Å². The fourth-order valence-corrected chi connectivity index (χ4v) is 2.80. The van der Waals surface area contributed by atoms with Crippen LogP contribution in [0.5, 0.6) is 0 Å². The Hall–Kier alpha value is -1.63. The first-order valence-corrected chi connectivity index (χ1v) is 7.24. The first kappa shape index (κ1) is 14.3. The van der Waals surface area contributed by atoms with E-state index in [1.165, 1.54) is 6.33 Å². The molecule has 108 valence electrons. The van der Waals surface area contributed by atoms with E-state index in [1.807, 2.05) is 0 Å². The molecule has 0 spiro atoms. The van der Waals surface area contributed by atoms with Crippen molar-refractivity contribution >= 4 is 49.9 Å². The fourth-order valence-electron chi connectivity index (χ4n) is 2.08. The van der Waals surface area contributed by atoms with Gasteiger partial charge in [0.2, 0.25) is 0 Å². The minimum absolute atomic E-state index is 0.168. The molecular weight excluding hydrogens is 361 g/mol. The summed E-state index contributed by atoms with van der Waals surface area (Å²) < 4.78 is 15.4. The van der Waals surface area contributed by atoms with E-state index >= 15 is 0 Å². The molecule has 0 aliphatic rings. The van der Waals surface area contributed by atoms with E-state index in [0.29, 0.717) is 21.8 Å². The number of nitrogens with zero attached hydrogens (tertiary/aromatic N) is 1. The van der Waals surface area contributed by atoms with Gasteiger partial charge >= 0.3 is 0 Å². The molecule has 1 aromatic heterocycles. The van der Waals surface area contributed by atoms with Gasteiger partial charge in [-0.3, -0.25) is 0 Å². The summed E-state index contributed by atoms with van der Waals surface area (Å²) in [6, 6.07) is 6.87. The van der Waals surface area contributed by atoms with Crippen molar-refractivity contribution in [2.45, 2.75) is 6.61 Å². The molecule has 0 saturated carbocycles. The third kappa shape index (κ3) is 2.62. The number of hydrogen-bond donors (Lipinski definition) is 3. The van der Waals surface area contributed by atoms with Crippen LogP contribution in [0.1, 0.15) is 5.56 Å². The number of nitrogens with one attached hydrogen (secondary N) is 2. The number of H-pyrrole nitrogens is 1. The molecule has 2 aromatic carbocycles. The Morgan fingerprint density at radius 1 is 1.38 bits per heavy atom. The molecule has 0 atom stereocenters. The molecule has 3 rings (SSSR count). The van der Waals surface area contributed by atoms with Crippen LogP contribution in [0, 0.1) is 5.82 Å². The number of aliphatic hydroxyl groups excluding tert-OH is 1. The summed E-state index contributed by atoms with van der Waals surface area (Å²) in [4.78, 5) is 6.76. The summed E-state index contributed by atoms with van der Waals surface area (Å²) in [6.45, 7) is -0.303. The van der Waals surface area contributed by atoms with Gasteiger partial charge in [-0.1, -0.05) is 27.5 Å². The lowest BCUT2D eigenvalue weighted by molar-refractivity contribution is 0.282. The second kappa shape index (κ2) is 5.63. The molecule has 4 nitrogen and oxygen atoms in total. The summed E-state index contributed by atoms with van der Waals surface area (Å²) in [7, 11) is 0. The number of imidazole rings is 1. The molecule has 0 radical (unpaired) electrons. The zero-order chi connectivity index (χ0) is 15.0. The lowest BCUT2D eigenvalue weighted by Gasteiger charge is -2.13. The third-order valence-electron chi connectivity index (χ3n) is 3.10. The quantitative estimate of drug-likeness (QED) is 0.642. The molecule has 0 bridgehead atoms. The average molecular weight is 371 g/mol. The highest BCUT2D eigenvalue weighted by Crippen LogP contribution is 2.33. The molecule has 1 heterocycles. The summed E-state index contributed by atoms with van der Waals surface area (Å²) in [5, 5.41) is 12.8. The molecule has 7 heteroatoms. The van der Waals surface area contributed by atoms with Gasteiger partial charge in [0, 0.05) is 10.0 Å². The zero-order valence-electron chi connectivity index (χ0n) is 10.6. The van der Waals surface area contributed by atoms with Gasteiger partial charge in [-0.15, -0.1) is 0 Å². The van der Waals surface area contributed by atoms with E-state index in [0.717, 1.165) is 4.47 Å². The van der Waals surface area contributed by atoms with Gasteiger partial charge in [0.25, 0.3) is 0 Å². The molecular formula is C14H10BrClFN3O. The molecule has 0 amide bonds. The van der Waals surface area contributed by atoms with E-state index in [1.54, 1.807) is 24.3 Å². The van der Waals surface area contributed by atoms with E-state index in [4.69, 9.17) is 11.6 Å². The summed E-state index contributed by atoms with van der Waals surface area (Å²) in [5.41, 5.74) is 1.87. The predicted octanol–water partition coefficient (Wildman–Crippen LogP) is 4.35. The molecule has 3 aromatic rings. The fraction of sp³-hybridized carbons (Fsp3) is 0.0714. The number of halogens is 3. The van der Waals surface area contributed by atoms with Crippen LogP contribution in [0.15, 0.2) is 35.1 Å². The second-order valence-corrected chi connectivity index (χ2v) is 5.75. The molecule has 0 aliphatic carbocycles. The normalized spacial score (nSPS) is 11.0. The van der Waals surface area contributed by atoms with E-state index < -0.39 is 5.82 Å². The monoisotopic (exact) mass is 369 g/mol. The summed E-state index contributed by atoms with van der Waals surface area (Å²) >= 11 is 9.44. The second-order valence-electron chi connectivity index (χ2n) is 4.43. The Balaban J connectivity index is 2.12. The van der Waals surface area contributed by atoms with Gasteiger partial charge < -0.3 is 15.4 Å². The molecule has 0 unspecified atom stereocenters. The molecule has 21 heavy (non-hydrogen) atoms.